The lowest BCUT2D eigenvalue weighted by Gasteiger charge is -2.25. The second-order valence-electron chi connectivity index (χ2n) is 9.45. The van der Waals surface area contributed by atoms with Gasteiger partial charge in [-0.3, -0.25) is 9.59 Å². The molecule has 1 heterocycles. The highest BCUT2D eigenvalue weighted by atomic mass is 19.4. The lowest BCUT2D eigenvalue weighted by atomic mass is 9.96. The van der Waals surface area contributed by atoms with Gasteiger partial charge in [-0.2, -0.15) is 18.3 Å². The van der Waals surface area contributed by atoms with Crippen molar-refractivity contribution in [2.45, 2.75) is 39.4 Å². The van der Waals surface area contributed by atoms with Crippen LogP contribution in [0, 0.1) is 20.8 Å². The van der Waals surface area contributed by atoms with Crippen molar-refractivity contribution in [3.8, 4) is 0 Å². The minimum Gasteiger partial charge on any atom is -0.332 e. The maximum atomic E-state index is 13.4. The van der Waals surface area contributed by atoms with E-state index < -0.39 is 17.6 Å². The first-order valence-electron chi connectivity index (χ1n) is 11.9. The van der Waals surface area contributed by atoms with E-state index in [1.807, 2.05) is 57.2 Å². The van der Waals surface area contributed by atoms with Crippen LogP contribution >= 0.6 is 0 Å². The minimum absolute atomic E-state index is 0.0686. The molecule has 0 fully saturated rings. The van der Waals surface area contributed by atoms with Crippen molar-refractivity contribution in [2.24, 2.45) is 5.10 Å². The number of likely N-dealkylation sites (N-methyl/N-ethyl adjacent to an activating group) is 1. The second kappa shape index (κ2) is 10.2. The summed E-state index contributed by atoms with van der Waals surface area (Å²) in [4.78, 5) is 27.4. The number of rotatable bonds is 5. The summed E-state index contributed by atoms with van der Waals surface area (Å²) < 4.78 is 38.6. The molecule has 0 saturated heterocycles. The Morgan fingerprint density at radius 2 is 1.59 bits per heavy atom. The zero-order valence-electron chi connectivity index (χ0n) is 21.1. The molecule has 0 N–H and O–H groups in total. The Hall–Kier alpha value is -3.94. The number of nitrogens with zero attached hydrogens (tertiary/aromatic N) is 3. The van der Waals surface area contributed by atoms with E-state index in [9.17, 15) is 22.8 Å². The third-order valence-corrected chi connectivity index (χ3v) is 6.65. The van der Waals surface area contributed by atoms with Crippen LogP contribution in [0.3, 0.4) is 0 Å². The van der Waals surface area contributed by atoms with Crippen molar-refractivity contribution in [1.29, 1.82) is 0 Å². The Labute approximate surface area is 214 Å². The van der Waals surface area contributed by atoms with Crippen LogP contribution in [0.5, 0.6) is 0 Å². The van der Waals surface area contributed by atoms with Gasteiger partial charge in [0.2, 0.25) is 0 Å². The van der Waals surface area contributed by atoms with Gasteiger partial charge in [-0.1, -0.05) is 42.0 Å². The smallest absolute Gasteiger partial charge is 0.332 e. The number of aryl methyl sites for hydroxylation is 3. The maximum Gasteiger partial charge on any atom is 0.416 e. The van der Waals surface area contributed by atoms with Crippen LogP contribution < -0.4 is 0 Å². The fourth-order valence-corrected chi connectivity index (χ4v) is 4.25. The van der Waals surface area contributed by atoms with E-state index in [2.05, 4.69) is 11.2 Å². The largest absolute Gasteiger partial charge is 0.416 e. The van der Waals surface area contributed by atoms with Gasteiger partial charge in [0.15, 0.2) is 0 Å². The molecule has 0 aromatic heterocycles. The van der Waals surface area contributed by atoms with Crippen LogP contribution in [0.2, 0.25) is 0 Å². The zero-order chi connectivity index (χ0) is 26.9. The number of hydrogen-bond acceptors (Lipinski definition) is 3. The third kappa shape index (κ3) is 5.74. The molecule has 1 aliphatic heterocycles. The standard InChI is InChI=1S/C29H28F3N3O2/c1-18-5-8-21(9-6-18)26-16-25(23-10-7-19(2)20(3)15-23)33-35(26)27(36)17-34(4)28(37)22-11-13-24(14-12-22)29(30,31)32/h5-15,26H,16-17H2,1-4H3. The van der Waals surface area contributed by atoms with Crippen molar-refractivity contribution < 1.29 is 22.8 Å². The summed E-state index contributed by atoms with van der Waals surface area (Å²) in [5.74, 6) is -0.932. The Morgan fingerprint density at radius 3 is 2.19 bits per heavy atom. The van der Waals surface area contributed by atoms with E-state index in [1.54, 1.807) is 0 Å². The van der Waals surface area contributed by atoms with Gasteiger partial charge in [0, 0.05) is 19.0 Å². The van der Waals surface area contributed by atoms with E-state index in [0.29, 0.717) is 6.42 Å². The van der Waals surface area contributed by atoms with E-state index in [4.69, 9.17) is 0 Å². The number of benzene rings is 3. The highest BCUT2D eigenvalue weighted by Gasteiger charge is 2.34. The van der Waals surface area contributed by atoms with Gasteiger partial charge < -0.3 is 4.90 Å². The summed E-state index contributed by atoms with van der Waals surface area (Å²) in [6.45, 7) is 5.77. The van der Waals surface area contributed by atoms with Gasteiger partial charge in [-0.25, -0.2) is 5.01 Å². The molecule has 0 radical (unpaired) electrons. The minimum atomic E-state index is -4.49. The lowest BCUT2D eigenvalue weighted by Crippen LogP contribution is -2.39. The Kier molecular flexibility index (Phi) is 7.21. The molecule has 192 valence electrons. The summed E-state index contributed by atoms with van der Waals surface area (Å²) in [6.07, 6.45) is -3.97. The summed E-state index contributed by atoms with van der Waals surface area (Å²) >= 11 is 0. The molecular formula is C29H28F3N3O2. The first kappa shape index (κ1) is 26.1. The number of carbonyl (C=O) groups is 2. The van der Waals surface area contributed by atoms with E-state index in [0.717, 1.165) is 57.8 Å². The highest BCUT2D eigenvalue weighted by Crippen LogP contribution is 2.34. The third-order valence-electron chi connectivity index (χ3n) is 6.65. The van der Waals surface area contributed by atoms with Gasteiger partial charge >= 0.3 is 6.18 Å². The zero-order valence-corrected chi connectivity index (χ0v) is 21.1. The Balaban J connectivity index is 1.57. The Morgan fingerprint density at radius 1 is 0.946 bits per heavy atom. The summed E-state index contributed by atoms with van der Waals surface area (Å²) in [5.41, 5.74) is 5.25. The van der Waals surface area contributed by atoms with Crippen molar-refractivity contribution in [3.63, 3.8) is 0 Å². The van der Waals surface area contributed by atoms with Crippen LogP contribution in [-0.2, 0) is 11.0 Å². The number of hydrazone groups is 1. The highest BCUT2D eigenvalue weighted by molar-refractivity contribution is 6.04. The SMILES string of the molecule is Cc1ccc(C2CC(c3ccc(C)c(C)c3)=NN2C(=O)CN(C)C(=O)c2ccc(C(F)(F)F)cc2)cc1. The van der Waals surface area contributed by atoms with Gasteiger partial charge in [0.05, 0.1) is 17.3 Å². The topological polar surface area (TPSA) is 53.0 Å². The average molecular weight is 508 g/mol. The van der Waals surface area contributed by atoms with Crippen LogP contribution in [0.25, 0.3) is 0 Å². The fraction of sp³-hybridized carbons (Fsp3) is 0.276. The fourth-order valence-electron chi connectivity index (χ4n) is 4.25. The Bertz CT molecular complexity index is 1350. The predicted octanol–water partition coefficient (Wildman–Crippen LogP) is 6.08. The summed E-state index contributed by atoms with van der Waals surface area (Å²) in [5, 5.41) is 6.09. The van der Waals surface area contributed by atoms with E-state index in [1.165, 1.54) is 17.0 Å². The summed E-state index contributed by atoms with van der Waals surface area (Å²) in [6, 6.07) is 17.6. The number of amides is 2. The number of halogens is 3. The first-order valence-corrected chi connectivity index (χ1v) is 11.9. The molecule has 2 amide bonds. The normalized spacial score (nSPS) is 15.5. The van der Waals surface area contributed by atoms with Gasteiger partial charge in [0.1, 0.15) is 6.54 Å². The van der Waals surface area contributed by atoms with Crippen LogP contribution in [0.15, 0.2) is 71.8 Å². The average Bonchev–Trinajstić information content (AvgIpc) is 3.31. The van der Waals surface area contributed by atoms with Crippen molar-refractivity contribution >= 4 is 17.5 Å². The molecule has 37 heavy (non-hydrogen) atoms. The first-order chi connectivity index (χ1) is 17.4. The predicted molar refractivity (Wildman–Crippen MR) is 136 cm³/mol. The molecule has 0 saturated carbocycles. The molecule has 4 rings (SSSR count). The van der Waals surface area contributed by atoms with Crippen molar-refractivity contribution in [3.05, 3.63) is 106 Å². The van der Waals surface area contributed by atoms with Crippen LogP contribution in [0.1, 0.15) is 56.2 Å². The van der Waals surface area contributed by atoms with E-state index >= 15 is 0 Å². The molecule has 1 aliphatic rings. The monoisotopic (exact) mass is 507 g/mol. The molecular weight excluding hydrogens is 479 g/mol. The quantitative estimate of drug-likeness (QED) is 0.420. The van der Waals surface area contributed by atoms with Gasteiger partial charge in [-0.05, 0) is 73.4 Å². The lowest BCUT2D eigenvalue weighted by molar-refractivity contribution is -0.137. The molecule has 1 unspecified atom stereocenters. The maximum absolute atomic E-state index is 13.4. The molecule has 0 bridgehead atoms. The molecule has 0 aliphatic carbocycles. The van der Waals surface area contributed by atoms with Crippen LogP contribution in [0.4, 0.5) is 13.2 Å². The van der Waals surface area contributed by atoms with Crippen LogP contribution in [-0.4, -0.2) is 41.0 Å². The molecule has 5 nitrogen and oxygen atoms in total. The van der Waals surface area contributed by atoms with Gasteiger partial charge in [0.25, 0.3) is 11.8 Å². The molecule has 8 heteroatoms. The number of alkyl halides is 3. The molecule has 1 atom stereocenters. The molecule has 3 aromatic rings. The van der Waals surface area contributed by atoms with Crippen molar-refractivity contribution in [1.82, 2.24) is 9.91 Å². The number of carbonyl (C=O) groups excluding carboxylic acids is 2. The number of hydrogen-bond donors (Lipinski definition) is 0. The van der Waals surface area contributed by atoms with E-state index in [-0.39, 0.29) is 24.1 Å². The van der Waals surface area contributed by atoms with Gasteiger partial charge in [-0.15, -0.1) is 0 Å². The van der Waals surface area contributed by atoms with Crippen molar-refractivity contribution in [2.75, 3.05) is 13.6 Å². The second-order valence-corrected chi connectivity index (χ2v) is 9.45. The molecule has 0 spiro atoms. The summed E-state index contributed by atoms with van der Waals surface area (Å²) in [7, 11) is 1.45. The molecule has 3 aromatic carbocycles.